The average molecular weight is 429 g/mol. The molecule has 1 fully saturated rings. The van der Waals surface area contributed by atoms with Gasteiger partial charge in [-0.15, -0.1) is 0 Å². The van der Waals surface area contributed by atoms with Crippen LogP contribution in [0, 0.1) is 11.8 Å². The SMILES string of the molecule is CC(C)CCCCCCCOC(=O)OC1CCC(OC(=O)OCCCC(C)C)CC1. The highest BCUT2D eigenvalue weighted by molar-refractivity contribution is 5.60. The molecule has 0 heterocycles. The van der Waals surface area contributed by atoms with E-state index in [-0.39, 0.29) is 12.2 Å². The largest absolute Gasteiger partial charge is 0.508 e. The summed E-state index contributed by atoms with van der Waals surface area (Å²) in [6.07, 6.45) is 10.1. The van der Waals surface area contributed by atoms with Gasteiger partial charge in [0.15, 0.2) is 0 Å². The summed E-state index contributed by atoms with van der Waals surface area (Å²) in [5.74, 6) is 1.38. The molecule has 30 heavy (non-hydrogen) atoms. The minimum Gasteiger partial charge on any atom is -0.434 e. The normalized spacial score (nSPS) is 19.0. The summed E-state index contributed by atoms with van der Waals surface area (Å²) in [5, 5.41) is 0. The summed E-state index contributed by atoms with van der Waals surface area (Å²) in [7, 11) is 0. The van der Waals surface area contributed by atoms with E-state index in [9.17, 15) is 9.59 Å². The first-order valence-corrected chi connectivity index (χ1v) is 12.0. The number of carbonyl (C=O) groups excluding carboxylic acids is 2. The van der Waals surface area contributed by atoms with E-state index in [1.165, 1.54) is 25.7 Å². The van der Waals surface area contributed by atoms with E-state index in [0.717, 1.165) is 31.6 Å². The molecule has 0 aromatic heterocycles. The Balaban J connectivity index is 2.00. The molecule has 0 N–H and O–H groups in total. The molecule has 6 nitrogen and oxygen atoms in total. The molecule has 1 saturated carbocycles. The van der Waals surface area contributed by atoms with Crippen LogP contribution in [0.15, 0.2) is 0 Å². The predicted octanol–water partition coefficient (Wildman–Crippen LogP) is 7.04. The van der Waals surface area contributed by atoms with E-state index < -0.39 is 12.3 Å². The van der Waals surface area contributed by atoms with Gasteiger partial charge >= 0.3 is 12.3 Å². The summed E-state index contributed by atoms with van der Waals surface area (Å²) in [6, 6.07) is 0. The van der Waals surface area contributed by atoms with Crippen LogP contribution in [0.3, 0.4) is 0 Å². The molecule has 0 unspecified atom stereocenters. The van der Waals surface area contributed by atoms with Crippen molar-refractivity contribution in [3.8, 4) is 0 Å². The third-order valence-electron chi connectivity index (χ3n) is 5.44. The number of unbranched alkanes of at least 4 members (excludes halogenated alkanes) is 4. The standard InChI is InChI=1S/C24H44O6/c1-19(2)11-8-6-5-7-9-17-27-23(25)29-21-13-15-22(16-14-21)30-24(26)28-18-10-12-20(3)4/h19-22H,5-18H2,1-4H3. The lowest BCUT2D eigenvalue weighted by Gasteiger charge is -2.27. The maximum atomic E-state index is 11.8. The van der Waals surface area contributed by atoms with Gasteiger partial charge in [-0.3, -0.25) is 0 Å². The van der Waals surface area contributed by atoms with Gasteiger partial charge in [0, 0.05) is 0 Å². The highest BCUT2D eigenvalue weighted by Gasteiger charge is 2.27. The second kappa shape index (κ2) is 16.3. The number of hydrogen-bond acceptors (Lipinski definition) is 6. The number of carbonyl (C=O) groups is 2. The average Bonchev–Trinajstić information content (AvgIpc) is 2.68. The second-order valence-electron chi connectivity index (χ2n) is 9.32. The third kappa shape index (κ3) is 14.5. The molecule has 0 amide bonds. The zero-order chi connectivity index (χ0) is 22.2. The first kappa shape index (κ1) is 26.6. The maximum absolute atomic E-state index is 11.8. The van der Waals surface area contributed by atoms with Gasteiger partial charge in [-0.05, 0) is 56.8 Å². The van der Waals surface area contributed by atoms with Crippen LogP contribution >= 0.6 is 0 Å². The zero-order valence-electron chi connectivity index (χ0n) is 19.7. The van der Waals surface area contributed by atoms with Crippen LogP contribution in [0.2, 0.25) is 0 Å². The molecule has 0 aliphatic heterocycles. The summed E-state index contributed by atoms with van der Waals surface area (Å²) in [4.78, 5) is 23.6. The monoisotopic (exact) mass is 428 g/mol. The Hall–Kier alpha value is -1.46. The lowest BCUT2D eigenvalue weighted by Crippen LogP contribution is -2.30. The van der Waals surface area contributed by atoms with Crippen molar-refractivity contribution < 1.29 is 28.5 Å². The van der Waals surface area contributed by atoms with Gasteiger partial charge in [0.25, 0.3) is 0 Å². The fraction of sp³-hybridized carbons (Fsp3) is 0.917. The zero-order valence-corrected chi connectivity index (χ0v) is 19.7. The van der Waals surface area contributed by atoms with E-state index >= 15 is 0 Å². The maximum Gasteiger partial charge on any atom is 0.508 e. The van der Waals surface area contributed by atoms with E-state index in [2.05, 4.69) is 27.7 Å². The molecule has 0 spiro atoms. The molecule has 6 heteroatoms. The molecule has 0 bridgehead atoms. The Morgan fingerprint density at radius 2 is 1.03 bits per heavy atom. The highest BCUT2D eigenvalue weighted by atomic mass is 16.7. The number of hydrogen-bond donors (Lipinski definition) is 0. The molecule has 0 aromatic carbocycles. The molecule has 1 aliphatic carbocycles. The van der Waals surface area contributed by atoms with Crippen molar-refractivity contribution in [2.75, 3.05) is 13.2 Å². The lowest BCUT2D eigenvalue weighted by atomic mass is 9.95. The first-order chi connectivity index (χ1) is 14.4. The van der Waals surface area contributed by atoms with Crippen LogP contribution < -0.4 is 0 Å². The molecule has 1 rings (SSSR count). The van der Waals surface area contributed by atoms with E-state index in [1.54, 1.807) is 0 Å². The van der Waals surface area contributed by atoms with Gasteiger partial charge in [-0.25, -0.2) is 9.59 Å². The van der Waals surface area contributed by atoms with Gasteiger partial charge in [0.05, 0.1) is 13.2 Å². The van der Waals surface area contributed by atoms with Crippen molar-refractivity contribution in [2.24, 2.45) is 11.8 Å². The summed E-state index contributed by atoms with van der Waals surface area (Å²) < 4.78 is 21.0. The number of ether oxygens (including phenoxy) is 4. The van der Waals surface area contributed by atoms with Crippen molar-refractivity contribution >= 4 is 12.3 Å². The van der Waals surface area contributed by atoms with Crippen LogP contribution in [0.4, 0.5) is 9.59 Å². The van der Waals surface area contributed by atoms with Crippen molar-refractivity contribution in [2.45, 2.75) is 117 Å². The molecular weight excluding hydrogens is 384 g/mol. The Kier molecular flexibility index (Phi) is 14.4. The van der Waals surface area contributed by atoms with Crippen LogP contribution in [0.5, 0.6) is 0 Å². The summed E-state index contributed by atoms with van der Waals surface area (Å²) in [6.45, 7) is 9.62. The Morgan fingerprint density at radius 3 is 1.53 bits per heavy atom. The van der Waals surface area contributed by atoms with E-state index in [4.69, 9.17) is 18.9 Å². The molecule has 0 saturated heterocycles. The molecule has 176 valence electrons. The summed E-state index contributed by atoms with van der Waals surface area (Å²) >= 11 is 0. The smallest absolute Gasteiger partial charge is 0.434 e. The second-order valence-corrected chi connectivity index (χ2v) is 9.32. The quantitative estimate of drug-likeness (QED) is 0.218. The number of rotatable bonds is 14. The Labute approximate surface area is 183 Å². The fourth-order valence-electron chi connectivity index (χ4n) is 3.60. The van der Waals surface area contributed by atoms with Crippen LogP contribution in [0.1, 0.15) is 105 Å². The van der Waals surface area contributed by atoms with Gasteiger partial charge in [0.2, 0.25) is 0 Å². The van der Waals surface area contributed by atoms with E-state index in [0.29, 0.717) is 44.8 Å². The fourth-order valence-corrected chi connectivity index (χ4v) is 3.60. The van der Waals surface area contributed by atoms with Gasteiger partial charge in [-0.1, -0.05) is 59.8 Å². The molecule has 0 radical (unpaired) electrons. The molecule has 0 aromatic rings. The van der Waals surface area contributed by atoms with Gasteiger partial charge < -0.3 is 18.9 Å². The lowest BCUT2D eigenvalue weighted by molar-refractivity contribution is -0.0271. The Morgan fingerprint density at radius 1 is 0.633 bits per heavy atom. The Bertz CT molecular complexity index is 455. The van der Waals surface area contributed by atoms with Crippen molar-refractivity contribution in [3.63, 3.8) is 0 Å². The highest BCUT2D eigenvalue weighted by Crippen LogP contribution is 2.24. The summed E-state index contributed by atoms with van der Waals surface area (Å²) in [5.41, 5.74) is 0. The van der Waals surface area contributed by atoms with Crippen LogP contribution in [-0.2, 0) is 18.9 Å². The topological polar surface area (TPSA) is 71.1 Å². The molecule has 1 aliphatic rings. The molecular formula is C24H44O6. The van der Waals surface area contributed by atoms with Crippen molar-refractivity contribution in [1.82, 2.24) is 0 Å². The van der Waals surface area contributed by atoms with Crippen molar-refractivity contribution in [3.05, 3.63) is 0 Å². The third-order valence-corrected chi connectivity index (χ3v) is 5.44. The predicted molar refractivity (Wildman–Crippen MR) is 118 cm³/mol. The van der Waals surface area contributed by atoms with Crippen LogP contribution in [-0.4, -0.2) is 37.7 Å². The van der Waals surface area contributed by atoms with E-state index in [1.807, 2.05) is 0 Å². The van der Waals surface area contributed by atoms with Gasteiger partial charge in [-0.2, -0.15) is 0 Å². The first-order valence-electron chi connectivity index (χ1n) is 12.0. The van der Waals surface area contributed by atoms with Gasteiger partial charge in [0.1, 0.15) is 12.2 Å². The minimum atomic E-state index is -0.591. The molecule has 0 atom stereocenters. The van der Waals surface area contributed by atoms with Crippen LogP contribution in [0.25, 0.3) is 0 Å². The van der Waals surface area contributed by atoms with Crippen molar-refractivity contribution in [1.29, 1.82) is 0 Å². The minimum absolute atomic E-state index is 0.157.